The lowest BCUT2D eigenvalue weighted by molar-refractivity contribution is -0.385. The fraction of sp³-hybridized carbons (Fsp3) is 0.571. The molecule has 21 heavy (non-hydrogen) atoms. The van der Waals surface area contributed by atoms with E-state index in [0.29, 0.717) is 38.7 Å². The second-order valence-corrected chi connectivity index (χ2v) is 4.29. The third kappa shape index (κ3) is 5.97. The molecule has 0 fully saturated rings. The molecule has 0 bridgehead atoms. The van der Waals surface area contributed by atoms with Crippen molar-refractivity contribution in [1.82, 2.24) is 0 Å². The van der Waals surface area contributed by atoms with Crippen molar-refractivity contribution in [2.24, 2.45) is 0 Å². The SMILES string of the molecule is CCCOc1cccc(NCCOCCOC)c1[N+](=O)[O-]. The molecule has 1 N–H and O–H groups in total. The number of nitro groups is 1. The van der Waals surface area contributed by atoms with Crippen LogP contribution in [0.5, 0.6) is 5.75 Å². The van der Waals surface area contributed by atoms with Crippen molar-refractivity contribution in [2.45, 2.75) is 13.3 Å². The summed E-state index contributed by atoms with van der Waals surface area (Å²) in [7, 11) is 1.60. The Morgan fingerprint density at radius 3 is 2.71 bits per heavy atom. The summed E-state index contributed by atoms with van der Waals surface area (Å²) in [6.07, 6.45) is 0.794. The van der Waals surface area contributed by atoms with E-state index in [1.165, 1.54) is 0 Å². The first kappa shape index (κ1) is 17.2. The molecule has 7 nitrogen and oxygen atoms in total. The third-order valence-corrected chi connectivity index (χ3v) is 2.64. The highest BCUT2D eigenvalue weighted by Gasteiger charge is 2.20. The number of anilines is 1. The summed E-state index contributed by atoms with van der Waals surface area (Å²) in [5, 5.41) is 14.2. The van der Waals surface area contributed by atoms with Gasteiger partial charge in [-0.2, -0.15) is 0 Å². The normalized spacial score (nSPS) is 10.4. The Hall–Kier alpha value is -1.86. The standard InChI is InChI=1S/C14H22N2O5/c1-3-8-21-13-6-4-5-12(14(13)16(17)18)15-7-9-20-11-10-19-2/h4-6,15H,3,7-11H2,1-2H3. The van der Waals surface area contributed by atoms with E-state index >= 15 is 0 Å². The first-order valence-electron chi connectivity index (χ1n) is 6.91. The van der Waals surface area contributed by atoms with Crippen molar-refractivity contribution in [2.75, 3.05) is 45.4 Å². The maximum atomic E-state index is 11.2. The van der Waals surface area contributed by atoms with Gasteiger partial charge in [0.25, 0.3) is 0 Å². The molecule has 0 aliphatic heterocycles. The molecule has 0 unspecified atom stereocenters. The van der Waals surface area contributed by atoms with Gasteiger partial charge in [0, 0.05) is 13.7 Å². The fourth-order valence-corrected chi connectivity index (χ4v) is 1.68. The molecule has 7 heteroatoms. The second-order valence-electron chi connectivity index (χ2n) is 4.29. The Labute approximate surface area is 124 Å². The predicted molar refractivity (Wildman–Crippen MR) is 80.1 cm³/mol. The van der Waals surface area contributed by atoms with Gasteiger partial charge >= 0.3 is 5.69 Å². The highest BCUT2D eigenvalue weighted by molar-refractivity contribution is 5.68. The largest absolute Gasteiger partial charge is 0.487 e. The van der Waals surface area contributed by atoms with Crippen LogP contribution in [0, 0.1) is 10.1 Å². The van der Waals surface area contributed by atoms with Crippen molar-refractivity contribution in [3.63, 3.8) is 0 Å². The highest BCUT2D eigenvalue weighted by atomic mass is 16.6. The van der Waals surface area contributed by atoms with E-state index in [1.807, 2.05) is 6.92 Å². The molecule has 0 saturated heterocycles. The topological polar surface area (TPSA) is 82.9 Å². The van der Waals surface area contributed by atoms with Crippen molar-refractivity contribution in [3.8, 4) is 5.75 Å². The summed E-state index contributed by atoms with van der Waals surface area (Å²) in [6.45, 7) is 4.35. The number of benzene rings is 1. The molecule has 0 spiro atoms. The van der Waals surface area contributed by atoms with Crippen LogP contribution in [-0.2, 0) is 9.47 Å². The molecule has 1 aromatic carbocycles. The zero-order valence-electron chi connectivity index (χ0n) is 12.5. The number of hydrogen-bond acceptors (Lipinski definition) is 6. The molecule has 0 amide bonds. The average molecular weight is 298 g/mol. The molecule has 0 aliphatic rings. The number of hydrogen-bond donors (Lipinski definition) is 1. The predicted octanol–water partition coefficient (Wildman–Crippen LogP) is 2.46. The van der Waals surface area contributed by atoms with Crippen molar-refractivity contribution in [1.29, 1.82) is 0 Å². The van der Waals surface area contributed by atoms with E-state index in [4.69, 9.17) is 14.2 Å². The monoisotopic (exact) mass is 298 g/mol. The van der Waals surface area contributed by atoms with Crippen LogP contribution in [0.3, 0.4) is 0 Å². The van der Waals surface area contributed by atoms with E-state index in [0.717, 1.165) is 6.42 Å². The number of nitrogens with zero attached hydrogens (tertiary/aromatic N) is 1. The smallest absolute Gasteiger partial charge is 0.333 e. The number of para-hydroxylation sites is 1. The highest BCUT2D eigenvalue weighted by Crippen LogP contribution is 2.34. The quantitative estimate of drug-likeness (QED) is 0.384. The van der Waals surface area contributed by atoms with E-state index in [-0.39, 0.29) is 11.4 Å². The number of rotatable bonds is 11. The maximum Gasteiger partial charge on any atom is 0.333 e. The Morgan fingerprint density at radius 1 is 1.24 bits per heavy atom. The summed E-state index contributed by atoms with van der Waals surface area (Å²) in [6, 6.07) is 4.99. The lowest BCUT2D eigenvalue weighted by Crippen LogP contribution is -2.13. The van der Waals surface area contributed by atoms with Crippen LogP contribution in [0.15, 0.2) is 18.2 Å². The van der Waals surface area contributed by atoms with Crippen LogP contribution in [0.4, 0.5) is 11.4 Å². The molecule has 118 valence electrons. The molecule has 1 aromatic rings. The summed E-state index contributed by atoms with van der Waals surface area (Å²) in [4.78, 5) is 10.8. The van der Waals surface area contributed by atoms with Gasteiger partial charge in [-0.25, -0.2) is 0 Å². The van der Waals surface area contributed by atoms with E-state index in [2.05, 4.69) is 5.32 Å². The van der Waals surface area contributed by atoms with E-state index < -0.39 is 4.92 Å². The Morgan fingerprint density at radius 2 is 2.05 bits per heavy atom. The Balaban J connectivity index is 2.61. The first-order valence-corrected chi connectivity index (χ1v) is 6.91. The summed E-state index contributed by atoms with van der Waals surface area (Å²) in [5.74, 6) is 0.284. The Bertz CT molecular complexity index is 439. The summed E-state index contributed by atoms with van der Waals surface area (Å²) < 4.78 is 15.6. The van der Waals surface area contributed by atoms with Crippen LogP contribution in [0.2, 0.25) is 0 Å². The second kappa shape index (κ2) is 9.95. The zero-order valence-corrected chi connectivity index (χ0v) is 12.5. The van der Waals surface area contributed by atoms with Gasteiger partial charge in [0.05, 0.1) is 31.4 Å². The minimum absolute atomic E-state index is 0.0390. The molecular weight excluding hydrogens is 276 g/mol. The van der Waals surface area contributed by atoms with Crippen LogP contribution in [0.25, 0.3) is 0 Å². The van der Waals surface area contributed by atoms with Gasteiger partial charge in [-0.3, -0.25) is 10.1 Å². The van der Waals surface area contributed by atoms with E-state index in [9.17, 15) is 10.1 Å². The van der Waals surface area contributed by atoms with Crippen LogP contribution in [0.1, 0.15) is 13.3 Å². The van der Waals surface area contributed by atoms with Gasteiger partial charge in [0.15, 0.2) is 5.75 Å². The van der Waals surface area contributed by atoms with Gasteiger partial charge in [-0.05, 0) is 18.6 Å². The van der Waals surface area contributed by atoms with Gasteiger partial charge in [-0.15, -0.1) is 0 Å². The minimum Gasteiger partial charge on any atom is -0.487 e. The third-order valence-electron chi connectivity index (χ3n) is 2.64. The molecule has 0 radical (unpaired) electrons. The molecule has 0 aromatic heterocycles. The van der Waals surface area contributed by atoms with Crippen molar-refractivity contribution < 1.29 is 19.1 Å². The molecule has 0 saturated carbocycles. The molecule has 0 heterocycles. The number of ether oxygens (including phenoxy) is 3. The maximum absolute atomic E-state index is 11.2. The molecule has 0 atom stereocenters. The van der Waals surface area contributed by atoms with Gasteiger partial charge in [0.1, 0.15) is 5.69 Å². The van der Waals surface area contributed by atoms with Gasteiger partial charge < -0.3 is 19.5 Å². The molecule has 0 aliphatic carbocycles. The lowest BCUT2D eigenvalue weighted by atomic mass is 10.2. The lowest BCUT2D eigenvalue weighted by Gasteiger charge is -2.11. The molecule has 1 rings (SSSR count). The van der Waals surface area contributed by atoms with Crippen LogP contribution >= 0.6 is 0 Å². The van der Waals surface area contributed by atoms with Gasteiger partial charge in [-0.1, -0.05) is 13.0 Å². The van der Waals surface area contributed by atoms with Crippen LogP contribution < -0.4 is 10.1 Å². The van der Waals surface area contributed by atoms with Crippen LogP contribution in [-0.4, -0.2) is 45.0 Å². The summed E-state index contributed by atoms with van der Waals surface area (Å²) in [5.41, 5.74) is 0.395. The summed E-state index contributed by atoms with van der Waals surface area (Å²) >= 11 is 0. The number of nitro benzene ring substituents is 1. The van der Waals surface area contributed by atoms with Gasteiger partial charge in [0.2, 0.25) is 0 Å². The fourth-order valence-electron chi connectivity index (χ4n) is 1.68. The number of methoxy groups -OCH3 is 1. The van der Waals surface area contributed by atoms with Crippen molar-refractivity contribution >= 4 is 11.4 Å². The average Bonchev–Trinajstić information content (AvgIpc) is 2.48. The minimum atomic E-state index is -0.431. The Kier molecular flexibility index (Phi) is 8.15. The first-order chi connectivity index (χ1) is 10.2. The van der Waals surface area contributed by atoms with Crippen molar-refractivity contribution in [3.05, 3.63) is 28.3 Å². The number of nitrogens with one attached hydrogen (secondary N) is 1. The van der Waals surface area contributed by atoms with E-state index in [1.54, 1.807) is 25.3 Å². The zero-order chi connectivity index (χ0) is 15.5. The molecular formula is C14H22N2O5.